The third-order valence-electron chi connectivity index (χ3n) is 13.6. The van der Waals surface area contributed by atoms with Gasteiger partial charge in [0.15, 0.2) is 0 Å². The fourth-order valence-corrected chi connectivity index (χ4v) is 8.97. The average Bonchev–Trinajstić information content (AvgIpc) is 3.36. The van der Waals surface area contributed by atoms with E-state index in [1.807, 2.05) is 6.08 Å². The summed E-state index contributed by atoms with van der Waals surface area (Å²) in [6, 6.07) is -0.643. The first kappa shape index (κ1) is 67.3. The molecule has 2 unspecified atom stereocenters. The fraction of sp³-hybridized carbons (Fsp3) is 0.742. The first-order chi connectivity index (χ1) is 34.7. The molecular weight excluding hydrogens is 855 g/mol. The number of hydrogen-bond donors (Lipinski definition) is 3. The van der Waals surface area contributed by atoms with Gasteiger partial charge in [0.2, 0.25) is 5.91 Å². The lowest BCUT2D eigenvalue weighted by molar-refractivity contribution is -0.123. The van der Waals surface area contributed by atoms with Crippen molar-refractivity contribution >= 4 is 5.91 Å². The number of aliphatic hydroxyl groups excluding tert-OH is 2. The van der Waals surface area contributed by atoms with Crippen LogP contribution in [0.3, 0.4) is 0 Å². The molecule has 0 saturated heterocycles. The van der Waals surface area contributed by atoms with Crippen molar-refractivity contribution in [3.05, 3.63) is 97.2 Å². The topological polar surface area (TPSA) is 69.6 Å². The van der Waals surface area contributed by atoms with Gasteiger partial charge in [-0.05, 0) is 83.5 Å². The van der Waals surface area contributed by atoms with Crippen LogP contribution in [0.15, 0.2) is 97.2 Å². The first-order valence-corrected chi connectivity index (χ1v) is 30.5. The average molecular weight is 973 g/mol. The molecule has 0 bridgehead atoms. The van der Waals surface area contributed by atoms with Crippen LogP contribution in [0.2, 0.25) is 0 Å². The van der Waals surface area contributed by atoms with E-state index < -0.39 is 12.1 Å². The molecule has 0 spiro atoms. The second-order valence-corrected chi connectivity index (χ2v) is 20.4. The number of carbonyl (C=O) groups is 1. The predicted octanol–water partition coefficient (Wildman–Crippen LogP) is 20.5. The monoisotopic (exact) mass is 972 g/mol. The van der Waals surface area contributed by atoms with E-state index in [-0.39, 0.29) is 12.5 Å². The van der Waals surface area contributed by atoms with Gasteiger partial charge in [-0.15, -0.1) is 0 Å². The molecule has 0 rings (SSSR count). The van der Waals surface area contributed by atoms with Gasteiger partial charge >= 0.3 is 0 Å². The van der Waals surface area contributed by atoms with E-state index in [4.69, 9.17) is 0 Å². The van der Waals surface area contributed by atoms with Crippen LogP contribution in [-0.4, -0.2) is 34.9 Å². The Morgan fingerprint density at radius 2 is 0.643 bits per heavy atom. The van der Waals surface area contributed by atoms with Gasteiger partial charge in [-0.3, -0.25) is 4.79 Å². The lowest BCUT2D eigenvalue weighted by atomic mass is 10.0. The predicted molar refractivity (Wildman–Crippen MR) is 313 cm³/mol. The molecule has 3 N–H and O–H groups in total. The molecule has 404 valence electrons. The highest BCUT2D eigenvalue weighted by atomic mass is 16.3. The minimum atomic E-state index is -0.866. The largest absolute Gasteiger partial charge is 0.394 e. The molecule has 4 heteroatoms. The summed E-state index contributed by atoms with van der Waals surface area (Å²) in [5.41, 5.74) is 0. The van der Waals surface area contributed by atoms with Gasteiger partial charge in [-0.1, -0.05) is 304 Å². The normalized spacial score (nSPS) is 13.5. The number of amides is 1. The van der Waals surface area contributed by atoms with Gasteiger partial charge in [0, 0.05) is 6.42 Å². The molecule has 0 aliphatic carbocycles. The van der Waals surface area contributed by atoms with Crippen LogP contribution >= 0.6 is 0 Å². The number of hydrogen-bond acceptors (Lipinski definition) is 3. The lowest BCUT2D eigenvalue weighted by Gasteiger charge is -2.19. The summed E-state index contributed by atoms with van der Waals surface area (Å²) < 4.78 is 0. The van der Waals surface area contributed by atoms with E-state index in [1.54, 1.807) is 6.08 Å². The maximum absolute atomic E-state index is 12.5. The zero-order valence-corrected chi connectivity index (χ0v) is 46.5. The summed E-state index contributed by atoms with van der Waals surface area (Å²) in [7, 11) is 0. The maximum Gasteiger partial charge on any atom is 0.220 e. The summed E-state index contributed by atoms with van der Waals surface area (Å²) in [4.78, 5) is 12.5. The highest BCUT2D eigenvalue weighted by Gasteiger charge is 2.18. The van der Waals surface area contributed by atoms with Crippen molar-refractivity contribution in [3.8, 4) is 0 Å². The van der Waals surface area contributed by atoms with Crippen LogP contribution in [0.1, 0.15) is 296 Å². The van der Waals surface area contributed by atoms with E-state index in [2.05, 4.69) is 104 Å². The third-order valence-corrected chi connectivity index (χ3v) is 13.6. The van der Waals surface area contributed by atoms with Crippen molar-refractivity contribution in [1.82, 2.24) is 5.32 Å². The smallest absolute Gasteiger partial charge is 0.220 e. The van der Waals surface area contributed by atoms with Crippen LogP contribution in [0.5, 0.6) is 0 Å². The maximum atomic E-state index is 12.5. The number of nitrogens with one attached hydrogen (secondary N) is 1. The Kier molecular flexibility index (Phi) is 58.3. The molecule has 0 saturated carbocycles. The molecule has 2 atom stereocenters. The zero-order chi connectivity index (χ0) is 50.6. The second-order valence-electron chi connectivity index (χ2n) is 20.4. The molecule has 0 aromatic heterocycles. The summed E-state index contributed by atoms with van der Waals surface area (Å²) in [5, 5.41) is 23.2. The molecule has 0 heterocycles. The highest BCUT2D eigenvalue weighted by Crippen LogP contribution is 2.17. The van der Waals surface area contributed by atoms with Gasteiger partial charge in [-0.2, -0.15) is 0 Å². The van der Waals surface area contributed by atoms with Crippen LogP contribution in [-0.2, 0) is 4.79 Å². The van der Waals surface area contributed by atoms with Gasteiger partial charge in [0.1, 0.15) is 0 Å². The van der Waals surface area contributed by atoms with Crippen molar-refractivity contribution in [3.63, 3.8) is 0 Å². The molecule has 4 nitrogen and oxygen atoms in total. The molecule has 70 heavy (non-hydrogen) atoms. The van der Waals surface area contributed by atoms with Gasteiger partial charge in [0.05, 0.1) is 18.8 Å². The van der Waals surface area contributed by atoms with E-state index in [0.29, 0.717) is 6.42 Å². The third kappa shape index (κ3) is 56.2. The second kappa shape index (κ2) is 60.6. The zero-order valence-electron chi connectivity index (χ0n) is 46.5. The Labute approximate surface area is 436 Å². The van der Waals surface area contributed by atoms with Crippen LogP contribution in [0.4, 0.5) is 0 Å². The minimum absolute atomic E-state index is 0.0725. The molecule has 0 aromatic rings. The Hall–Kier alpha value is -2.69. The molecule has 0 aliphatic heterocycles. The number of allylic oxidation sites excluding steroid dienone is 15. The van der Waals surface area contributed by atoms with Crippen LogP contribution in [0.25, 0.3) is 0 Å². The van der Waals surface area contributed by atoms with Crippen molar-refractivity contribution < 1.29 is 15.0 Å². The van der Waals surface area contributed by atoms with E-state index in [1.165, 1.54) is 205 Å². The summed E-state index contributed by atoms with van der Waals surface area (Å²) in [5.74, 6) is -0.0725. The SMILES string of the molecule is CC/C=C\C/C=C\C/C=C\C/C=C\C/C=C\C/C=C\CCCCCCCCCCCCCCCCCCCCC(=O)NC(CO)C(O)/C=C/CC/C=C/CCCCCCCCCCCCCCCCC. The molecule has 0 fully saturated rings. The standard InChI is InChI=1S/C66H117NO3/c1-3-5-7-9-11-13-15-17-19-21-23-25-26-27-28-29-30-31-32-33-34-35-36-37-38-39-40-42-44-46-48-50-52-54-56-58-60-62-66(70)67-64(63-68)65(69)61-59-57-55-53-51-49-47-45-43-41-24-22-20-18-16-14-12-10-8-6-4-2/h5,7,11,13,17,19,23,25,27-28,30-31,51,53,59,61,64-65,68-69H,3-4,6,8-10,12,14-16,18,20-22,24,26,29,32-50,52,54-58,60,62-63H2,1-2H3,(H,67,70)/b7-5-,13-11-,19-17-,25-23-,28-27-,31-30-,53-51+,61-59+. The van der Waals surface area contributed by atoms with Gasteiger partial charge in [-0.25, -0.2) is 0 Å². The van der Waals surface area contributed by atoms with Crippen molar-refractivity contribution in [1.29, 1.82) is 0 Å². The van der Waals surface area contributed by atoms with Crippen molar-refractivity contribution in [2.75, 3.05) is 6.61 Å². The Bertz CT molecular complexity index is 1290. The van der Waals surface area contributed by atoms with E-state index in [0.717, 1.165) is 70.6 Å². The van der Waals surface area contributed by atoms with E-state index in [9.17, 15) is 15.0 Å². The van der Waals surface area contributed by atoms with Crippen LogP contribution < -0.4 is 5.32 Å². The Morgan fingerprint density at radius 3 is 1.00 bits per heavy atom. The van der Waals surface area contributed by atoms with Gasteiger partial charge < -0.3 is 15.5 Å². The van der Waals surface area contributed by atoms with Crippen molar-refractivity contribution in [2.24, 2.45) is 0 Å². The quantitative estimate of drug-likeness (QED) is 0.0420. The van der Waals surface area contributed by atoms with Crippen LogP contribution in [0, 0.1) is 0 Å². The first-order valence-electron chi connectivity index (χ1n) is 30.5. The molecule has 0 aliphatic rings. The lowest BCUT2D eigenvalue weighted by Crippen LogP contribution is -2.45. The Balaban J connectivity index is 3.51. The number of carbonyl (C=O) groups excluding carboxylic acids is 1. The molecule has 1 amide bonds. The summed E-state index contributed by atoms with van der Waals surface area (Å²) in [6.45, 7) is 4.20. The fourth-order valence-electron chi connectivity index (χ4n) is 8.97. The summed E-state index contributed by atoms with van der Waals surface area (Å²) >= 11 is 0. The number of unbranched alkanes of at least 4 members (excludes halogenated alkanes) is 34. The minimum Gasteiger partial charge on any atom is -0.394 e. The highest BCUT2D eigenvalue weighted by molar-refractivity contribution is 5.76. The van der Waals surface area contributed by atoms with Crippen molar-refractivity contribution in [2.45, 2.75) is 309 Å². The van der Waals surface area contributed by atoms with E-state index >= 15 is 0 Å². The molecule has 0 radical (unpaired) electrons. The Morgan fingerprint density at radius 1 is 0.357 bits per heavy atom. The number of rotatable bonds is 55. The number of aliphatic hydroxyl groups is 2. The molecule has 0 aromatic carbocycles. The van der Waals surface area contributed by atoms with Gasteiger partial charge in [0.25, 0.3) is 0 Å². The summed E-state index contributed by atoms with van der Waals surface area (Å²) in [6.07, 6.45) is 90.2. The molecular formula is C66H117NO3.